The van der Waals surface area contributed by atoms with Gasteiger partial charge in [-0.25, -0.2) is 0 Å². The Kier molecular flexibility index (Phi) is 4.93. The topological polar surface area (TPSA) is 41.1 Å². The molecular formula is C22H27N3O. The monoisotopic (exact) mass is 349 g/mol. The minimum absolute atomic E-state index is 0.639. The summed E-state index contributed by atoms with van der Waals surface area (Å²) in [4.78, 5) is 2.57. The normalized spacial score (nSPS) is 16.2. The molecule has 0 saturated carbocycles. The summed E-state index contributed by atoms with van der Waals surface area (Å²) in [6.07, 6.45) is 2.41. The molecule has 4 nitrogen and oxygen atoms in total. The minimum atomic E-state index is 0.639. The highest BCUT2D eigenvalue weighted by Crippen LogP contribution is 2.24. The zero-order valence-electron chi connectivity index (χ0n) is 15.7. The van der Waals surface area contributed by atoms with Gasteiger partial charge in [-0.2, -0.15) is 5.10 Å². The van der Waals surface area contributed by atoms with Crippen molar-refractivity contribution in [1.82, 2.24) is 15.1 Å². The number of fused-ring (bicyclic) bond motifs is 1. The molecule has 4 rings (SSSR count). The Balaban J connectivity index is 1.27. The molecule has 0 radical (unpaired) electrons. The summed E-state index contributed by atoms with van der Waals surface area (Å²) in [6.45, 7) is 8.41. The number of nitrogens with zero attached hydrogens (tertiary/aromatic N) is 2. The Hall–Kier alpha value is -2.33. The number of hydrogen-bond donors (Lipinski definition) is 1. The van der Waals surface area contributed by atoms with E-state index in [1.807, 2.05) is 13.0 Å². The van der Waals surface area contributed by atoms with Crippen LogP contribution in [0.5, 0.6) is 5.75 Å². The van der Waals surface area contributed by atoms with Crippen LogP contribution in [0.15, 0.2) is 42.5 Å². The molecule has 26 heavy (non-hydrogen) atoms. The van der Waals surface area contributed by atoms with E-state index in [1.165, 1.54) is 29.4 Å². The summed E-state index contributed by atoms with van der Waals surface area (Å²) in [5.41, 5.74) is 4.92. The van der Waals surface area contributed by atoms with Crippen molar-refractivity contribution >= 4 is 10.9 Å². The Morgan fingerprint density at radius 2 is 1.92 bits per heavy atom. The Morgan fingerprint density at radius 1 is 1.12 bits per heavy atom. The van der Waals surface area contributed by atoms with Crippen LogP contribution in [0.25, 0.3) is 10.9 Å². The lowest BCUT2D eigenvalue weighted by Crippen LogP contribution is -2.35. The fourth-order valence-electron chi connectivity index (χ4n) is 3.77. The summed E-state index contributed by atoms with van der Waals surface area (Å²) < 4.78 is 6.06. The third kappa shape index (κ3) is 3.75. The molecule has 0 spiro atoms. The fraction of sp³-hybridized carbons (Fsp3) is 0.409. The molecular weight excluding hydrogens is 322 g/mol. The van der Waals surface area contributed by atoms with Crippen molar-refractivity contribution in [2.45, 2.75) is 33.2 Å². The van der Waals surface area contributed by atoms with Crippen LogP contribution in [0.2, 0.25) is 0 Å². The second-order valence-electron chi connectivity index (χ2n) is 7.48. The summed E-state index contributed by atoms with van der Waals surface area (Å²) in [5, 5.41) is 8.51. The standard InChI is InChI=1S/C22H27N3O/c1-16-5-3-4-6-19(16)14-25-11-9-18(10-12-25)15-26-20-7-8-21-17(2)23-24-22(21)13-20/h3-8,13,18H,9-12,14-15H2,1-2H3,(H,23,24). The number of aryl methyl sites for hydroxylation is 2. The molecule has 0 bridgehead atoms. The molecule has 0 unspecified atom stereocenters. The molecule has 1 saturated heterocycles. The van der Waals surface area contributed by atoms with E-state index in [2.05, 4.69) is 58.4 Å². The summed E-state index contributed by atoms with van der Waals surface area (Å²) in [5.74, 6) is 1.56. The number of nitrogens with one attached hydrogen (secondary N) is 1. The third-order valence-electron chi connectivity index (χ3n) is 5.57. The van der Waals surface area contributed by atoms with Crippen molar-refractivity contribution < 1.29 is 4.74 Å². The molecule has 2 aromatic carbocycles. The van der Waals surface area contributed by atoms with E-state index in [0.717, 1.165) is 43.2 Å². The predicted molar refractivity (Wildman–Crippen MR) is 106 cm³/mol. The molecule has 4 heteroatoms. The molecule has 2 heterocycles. The van der Waals surface area contributed by atoms with Crippen LogP contribution in [0.1, 0.15) is 29.7 Å². The van der Waals surface area contributed by atoms with Gasteiger partial charge in [-0.1, -0.05) is 24.3 Å². The van der Waals surface area contributed by atoms with Crippen molar-refractivity contribution in [3.05, 3.63) is 59.3 Å². The van der Waals surface area contributed by atoms with E-state index in [1.54, 1.807) is 0 Å². The maximum atomic E-state index is 6.06. The molecule has 1 aliphatic rings. The number of benzene rings is 2. The average molecular weight is 349 g/mol. The number of ether oxygens (including phenoxy) is 1. The Bertz CT molecular complexity index is 878. The van der Waals surface area contributed by atoms with Gasteiger partial charge in [0.05, 0.1) is 12.1 Å². The molecule has 1 aliphatic heterocycles. The van der Waals surface area contributed by atoms with E-state index in [4.69, 9.17) is 4.74 Å². The highest BCUT2D eigenvalue weighted by Gasteiger charge is 2.20. The molecule has 0 atom stereocenters. The van der Waals surface area contributed by atoms with Crippen LogP contribution < -0.4 is 4.74 Å². The van der Waals surface area contributed by atoms with Gasteiger partial charge in [0.15, 0.2) is 0 Å². The van der Waals surface area contributed by atoms with Crippen molar-refractivity contribution in [1.29, 1.82) is 0 Å². The molecule has 1 aromatic heterocycles. The first-order chi connectivity index (χ1) is 12.7. The van der Waals surface area contributed by atoms with Gasteiger partial charge in [0.1, 0.15) is 5.75 Å². The number of H-pyrrole nitrogens is 1. The van der Waals surface area contributed by atoms with Crippen LogP contribution in [0.4, 0.5) is 0 Å². The van der Waals surface area contributed by atoms with Gasteiger partial charge >= 0.3 is 0 Å². The van der Waals surface area contributed by atoms with E-state index in [-0.39, 0.29) is 0 Å². The quantitative estimate of drug-likeness (QED) is 0.739. The first kappa shape index (κ1) is 17.1. The zero-order valence-corrected chi connectivity index (χ0v) is 15.7. The zero-order chi connectivity index (χ0) is 17.9. The first-order valence-electron chi connectivity index (χ1n) is 9.53. The van der Waals surface area contributed by atoms with E-state index in [0.29, 0.717) is 5.92 Å². The van der Waals surface area contributed by atoms with Crippen LogP contribution >= 0.6 is 0 Å². The van der Waals surface area contributed by atoms with Crippen molar-refractivity contribution in [2.75, 3.05) is 19.7 Å². The van der Waals surface area contributed by atoms with Gasteiger partial charge in [-0.3, -0.25) is 10.00 Å². The summed E-state index contributed by atoms with van der Waals surface area (Å²) >= 11 is 0. The second-order valence-corrected chi connectivity index (χ2v) is 7.48. The SMILES string of the molecule is Cc1ccccc1CN1CCC(COc2ccc3c(C)[nH]nc3c2)CC1. The molecule has 136 valence electrons. The molecule has 1 fully saturated rings. The Labute approximate surface area is 155 Å². The number of aromatic nitrogens is 2. The molecule has 0 amide bonds. The number of hydrogen-bond acceptors (Lipinski definition) is 3. The maximum Gasteiger partial charge on any atom is 0.121 e. The van der Waals surface area contributed by atoms with Crippen molar-refractivity contribution in [3.8, 4) is 5.75 Å². The van der Waals surface area contributed by atoms with Crippen LogP contribution in [0.3, 0.4) is 0 Å². The Morgan fingerprint density at radius 3 is 2.73 bits per heavy atom. The van der Waals surface area contributed by atoms with Crippen LogP contribution in [0, 0.1) is 19.8 Å². The van der Waals surface area contributed by atoms with Gasteiger partial charge in [0.2, 0.25) is 0 Å². The lowest BCUT2D eigenvalue weighted by molar-refractivity contribution is 0.136. The summed E-state index contributed by atoms with van der Waals surface area (Å²) in [7, 11) is 0. The van der Waals surface area contributed by atoms with Crippen molar-refractivity contribution in [3.63, 3.8) is 0 Å². The van der Waals surface area contributed by atoms with Gasteiger partial charge < -0.3 is 4.74 Å². The number of likely N-dealkylation sites (tertiary alicyclic amines) is 1. The molecule has 3 aromatic rings. The predicted octanol–water partition coefficient (Wildman–Crippen LogP) is 4.47. The lowest BCUT2D eigenvalue weighted by atomic mass is 9.97. The number of piperidine rings is 1. The van der Waals surface area contributed by atoms with E-state index in [9.17, 15) is 0 Å². The number of aromatic amines is 1. The highest BCUT2D eigenvalue weighted by molar-refractivity contribution is 5.82. The van der Waals surface area contributed by atoms with Crippen LogP contribution in [-0.4, -0.2) is 34.8 Å². The maximum absolute atomic E-state index is 6.06. The number of rotatable bonds is 5. The van der Waals surface area contributed by atoms with Gasteiger partial charge in [-0.05, 0) is 69.0 Å². The van der Waals surface area contributed by atoms with E-state index < -0.39 is 0 Å². The van der Waals surface area contributed by atoms with E-state index >= 15 is 0 Å². The average Bonchev–Trinajstić information content (AvgIpc) is 3.03. The van der Waals surface area contributed by atoms with Crippen LogP contribution in [-0.2, 0) is 6.54 Å². The third-order valence-corrected chi connectivity index (χ3v) is 5.57. The van der Waals surface area contributed by atoms with Crippen molar-refractivity contribution in [2.24, 2.45) is 5.92 Å². The van der Waals surface area contributed by atoms with Gasteiger partial charge in [-0.15, -0.1) is 0 Å². The molecule has 1 N–H and O–H groups in total. The smallest absolute Gasteiger partial charge is 0.121 e. The lowest BCUT2D eigenvalue weighted by Gasteiger charge is -2.32. The first-order valence-corrected chi connectivity index (χ1v) is 9.53. The minimum Gasteiger partial charge on any atom is -0.493 e. The fourth-order valence-corrected chi connectivity index (χ4v) is 3.77. The summed E-state index contributed by atoms with van der Waals surface area (Å²) in [6, 6.07) is 14.9. The molecule has 0 aliphatic carbocycles. The largest absolute Gasteiger partial charge is 0.493 e. The second kappa shape index (κ2) is 7.50. The highest BCUT2D eigenvalue weighted by atomic mass is 16.5. The van der Waals surface area contributed by atoms with Gasteiger partial charge in [0, 0.05) is 23.7 Å². The van der Waals surface area contributed by atoms with Gasteiger partial charge in [0.25, 0.3) is 0 Å².